The average molecular weight is 265 g/mol. The Morgan fingerprint density at radius 3 is 2.79 bits per heavy atom. The van der Waals surface area contributed by atoms with Crippen molar-refractivity contribution in [2.45, 2.75) is 65.7 Å². The zero-order chi connectivity index (χ0) is 13.7. The van der Waals surface area contributed by atoms with Crippen molar-refractivity contribution in [2.75, 3.05) is 6.54 Å². The van der Waals surface area contributed by atoms with Crippen molar-refractivity contribution in [2.24, 2.45) is 5.92 Å². The molecule has 3 heteroatoms. The maximum atomic E-state index is 5.89. The maximum Gasteiger partial charge on any atom is 0.130 e. The molecule has 0 atom stereocenters. The van der Waals surface area contributed by atoms with Crippen LogP contribution >= 0.6 is 0 Å². The van der Waals surface area contributed by atoms with Gasteiger partial charge in [0.2, 0.25) is 0 Å². The van der Waals surface area contributed by atoms with Crippen LogP contribution in [-0.2, 0) is 17.9 Å². The van der Waals surface area contributed by atoms with E-state index in [1.807, 2.05) is 0 Å². The fourth-order valence-electron chi connectivity index (χ4n) is 2.57. The Morgan fingerprint density at radius 1 is 1.37 bits per heavy atom. The molecule has 0 amide bonds. The van der Waals surface area contributed by atoms with E-state index >= 15 is 0 Å². The molecule has 2 rings (SSSR count). The van der Waals surface area contributed by atoms with Crippen molar-refractivity contribution in [1.82, 2.24) is 5.32 Å². The molecule has 0 spiro atoms. The van der Waals surface area contributed by atoms with E-state index in [-0.39, 0.29) is 0 Å². The van der Waals surface area contributed by atoms with Crippen molar-refractivity contribution in [3.63, 3.8) is 0 Å². The number of hydrogen-bond acceptors (Lipinski definition) is 3. The van der Waals surface area contributed by atoms with Crippen LogP contribution < -0.4 is 5.32 Å². The third-order valence-corrected chi connectivity index (χ3v) is 3.67. The molecule has 1 aromatic heterocycles. The van der Waals surface area contributed by atoms with Crippen molar-refractivity contribution in [1.29, 1.82) is 0 Å². The van der Waals surface area contributed by atoms with Crippen molar-refractivity contribution in [3.8, 4) is 0 Å². The summed E-state index contributed by atoms with van der Waals surface area (Å²) < 4.78 is 11.8. The second-order valence-corrected chi connectivity index (χ2v) is 6.06. The number of hydrogen-bond donors (Lipinski definition) is 1. The Balaban J connectivity index is 1.78. The molecule has 3 nitrogen and oxygen atoms in total. The van der Waals surface area contributed by atoms with E-state index in [1.54, 1.807) is 0 Å². The minimum absolute atomic E-state index is 0.452. The van der Waals surface area contributed by atoms with Crippen molar-refractivity contribution >= 4 is 0 Å². The van der Waals surface area contributed by atoms with Crippen LogP contribution in [0, 0.1) is 12.8 Å². The van der Waals surface area contributed by atoms with Gasteiger partial charge in [-0.25, -0.2) is 0 Å². The molecular formula is C16H27NO2. The van der Waals surface area contributed by atoms with E-state index in [0.29, 0.717) is 18.6 Å². The first-order valence-corrected chi connectivity index (χ1v) is 7.55. The molecule has 1 heterocycles. The predicted molar refractivity (Wildman–Crippen MR) is 77.0 cm³/mol. The lowest BCUT2D eigenvalue weighted by Gasteiger charge is -2.09. The number of aryl methyl sites for hydroxylation is 1. The molecule has 0 aliphatic heterocycles. The molecule has 1 aromatic rings. The lowest BCUT2D eigenvalue weighted by molar-refractivity contribution is 0.0352. The van der Waals surface area contributed by atoms with Gasteiger partial charge in [-0.2, -0.15) is 0 Å². The summed E-state index contributed by atoms with van der Waals surface area (Å²) in [5.74, 6) is 2.68. The molecule has 0 radical (unpaired) electrons. The number of furan rings is 1. The van der Waals surface area contributed by atoms with E-state index in [4.69, 9.17) is 9.15 Å². The number of nitrogens with one attached hydrogen (secondary N) is 1. The van der Waals surface area contributed by atoms with Gasteiger partial charge in [0.25, 0.3) is 0 Å². The average Bonchev–Trinajstić information content (AvgIpc) is 2.97. The normalized spacial score (nSPS) is 16.6. The van der Waals surface area contributed by atoms with Crippen LogP contribution in [0.3, 0.4) is 0 Å². The topological polar surface area (TPSA) is 34.4 Å². The number of ether oxygens (including phenoxy) is 1. The first kappa shape index (κ1) is 14.6. The van der Waals surface area contributed by atoms with Gasteiger partial charge in [0.1, 0.15) is 18.1 Å². The molecule has 0 unspecified atom stereocenters. The summed E-state index contributed by atoms with van der Waals surface area (Å²) in [5, 5.41) is 3.42. The second kappa shape index (κ2) is 7.11. The highest BCUT2D eigenvalue weighted by molar-refractivity contribution is 5.19. The summed E-state index contributed by atoms with van der Waals surface area (Å²) in [6, 6.07) is 2.11. The van der Waals surface area contributed by atoms with E-state index in [0.717, 1.165) is 24.6 Å². The highest BCUT2D eigenvalue weighted by atomic mass is 16.5. The Kier molecular flexibility index (Phi) is 5.46. The van der Waals surface area contributed by atoms with Gasteiger partial charge in [0, 0.05) is 0 Å². The molecule has 0 bridgehead atoms. The Morgan fingerprint density at radius 2 is 2.11 bits per heavy atom. The smallest absolute Gasteiger partial charge is 0.130 e. The quantitative estimate of drug-likeness (QED) is 0.814. The Hall–Kier alpha value is -0.800. The fourth-order valence-corrected chi connectivity index (χ4v) is 2.57. The van der Waals surface area contributed by atoms with E-state index in [2.05, 4.69) is 32.2 Å². The lowest BCUT2D eigenvalue weighted by Crippen LogP contribution is -2.19. The van der Waals surface area contributed by atoms with Gasteiger partial charge in [-0.05, 0) is 43.9 Å². The predicted octanol–water partition coefficient (Wildman–Crippen LogP) is 3.79. The highest BCUT2D eigenvalue weighted by Crippen LogP contribution is 2.23. The fraction of sp³-hybridized carbons (Fsp3) is 0.750. The SMILES string of the molecule is Cc1cc(COC2CCCC2)oc1CNCC(C)C. The first-order chi connectivity index (χ1) is 9.15. The monoisotopic (exact) mass is 265 g/mol. The van der Waals surface area contributed by atoms with Gasteiger partial charge in [0.05, 0.1) is 12.6 Å². The zero-order valence-electron chi connectivity index (χ0n) is 12.5. The van der Waals surface area contributed by atoms with Crippen LogP contribution in [0.5, 0.6) is 0 Å². The second-order valence-electron chi connectivity index (χ2n) is 6.06. The molecule has 1 aliphatic rings. The third-order valence-electron chi connectivity index (χ3n) is 3.67. The third kappa shape index (κ3) is 4.66. The molecule has 1 saturated carbocycles. The van der Waals surface area contributed by atoms with E-state index in [1.165, 1.54) is 31.2 Å². The number of rotatable bonds is 7. The maximum absolute atomic E-state index is 5.89. The van der Waals surface area contributed by atoms with Gasteiger partial charge in [-0.15, -0.1) is 0 Å². The van der Waals surface area contributed by atoms with Crippen molar-refractivity contribution in [3.05, 3.63) is 23.2 Å². The van der Waals surface area contributed by atoms with E-state index in [9.17, 15) is 0 Å². The van der Waals surface area contributed by atoms with E-state index < -0.39 is 0 Å². The molecule has 1 N–H and O–H groups in total. The Labute approximate surface area is 116 Å². The van der Waals surface area contributed by atoms with Gasteiger partial charge in [-0.1, -0.05) is 26.7 Å². The summed E-state index contributed by atoms with van der Waals surface area (Å²) in [5.41, 5.74) is 1.22. The lowest BCUT2D eigenvalue weighted by atomic mass is 10.2. The molecule has 1 fully saturated rings. The van der Waals surface area contributed by atoms with Gasteiger partial charge >= 0.3 is 0 Å². The summed E-state index contributed by atoms with van der Waals surface area (Å²) in [6.45, 7) is 8.98. The van der Waals surface area contributed by atoms with Gasteiger partial charge in [0.15, 0.2) is 0 Å². The molecule has 0 saturated heterocycles. The minimum atomic E-state index is 0.452. The van der Waals surface area contributed by atoms with Crippen LogP contribution in [0.2, 0.25) is 0 Å². The first-order valence-electron chi connectivity index (χ1n) is 7.55. The van der Waals surface area contributed by atoms with Crippen LogP contribution in [0.25, 0.3) is 0 Å². The highest BCUT2D eigenvalue weighted by Gasteiger charge is 2.16. The van der Waals surface area contributed by atoms with Gasteiger partial charge < -0.3 is 14.5 Å². The Bertz CT molecular complexity index is 378. The summed E-state index contributed by atoms with van der Waals surface area (Å²) in [7, 11) is 0. The minimum Gasteiger partial charge on any atom is -0.462 e. The summed E-state index contributed by atoms with van der Waals surface area (Å²) in [6.07, 6.45) is 5.50. The molecular weight excluding hydrogens is 238 g/mol. The standard InChI is InChI=1S/C16H27NO2/c1-12(2)9-17-10-16-13(3)8-15(19-16)11-18-14-6-4-5-7-14/h8,12,14,17H,4-7,9-11H2,1-3H3. The van der Waals surface area contributed by atoms with Crippen LogP contribution in [0.15, 0.2) is 10.5 Å². The van der Waals surface area contributed by atoms with Crippen molar-refractivity contribution < 1.29 is 9.15 Å². The largest absolute Gasteiger partial charge is 0.462 e. The van der Waals surface area contributed by atoms with Crippen LogP contribution in [-0.4, -0.2) is 12.6 Å². The van der Waals surface area contributed by atoms with Crippen LogP contribution in [0.1, 0.15) is 56.6 Å². The molecule has 0 aromatic carbocycles. The molecule has 108 valence electrons. The summed E-state index contributed by atoms with van der Waals surface area (Å²) >= 11 is 0. The van der Waals surface area contributed by atoms with Gasteiger partial charge in [-0.3, -0.25) is 0 Å². The zero-order valence-corrected chi connectivity index (χ0v) is 12.5. The summed E-state index contributed by atoms with van der Waals surface area (Å²) in [4.78, 5) is 0. The van der Waals surface area contributed by atoms with Crippen LogP contribution in [0.4, 0.5) is 0 Å². The molecule has 1 aliphatic carbocycles. The molecule has 19 heavy (non-hydrogen) atoms.